The number of ketones is 3. The lowest BCUT2D eigenvalue weighted by Crippen LogP contribution is -2.03. The molecule has 0 saturated carbocycles. The number of aromatic nitrogens is 1. The summed E-state index contributed by atoms with van der Waals surface area (Å²) < 4.78 is 0. The normalized spacial score (nSPS) is 9.29. The maximum absolute atomic E-state index is 11.2. The highest BCUT2D eigenvalue weighted by Crippen LogP contribution is 2.12. The number of rotatable bonds is 3. The molecule has 0 bridgehead atoms. The molecule has 0 N–H and O–H groups in total. The molecule has 0 atom stereocenters. The minimum absolute atomic E-state index is 0.152. The van der Waals surface area contributed by atoms with Gasteiger partial charge >= 0.3 is 0 Å². The van der Waals surface area contributed by atoms with Crippen LogP contribution in [0.15, 0.2) is 48.8 Å². The largest absolute Gasteiger partial charge is 0.295 e. The molecular formula is C17H17NO3. The number of pyridine rings is 1. The quantitative estimate of drug-likeness (QED) is 0.810. The summed E-state index contributed by atoms with van der Waals surface area (Å²) in [4.78, 5) is 37.3. The van der Waals surface area contributed by atoms with Crippen LogP contribution in [0.4, 0.5) is 0 Å². The number of hydrogen-bond donors (Lipinski definition) is 0. The second-order valence-corrected chi connectivity index (χ2v) is 4.49. The Balaban J connectivity index is 0.000000304. The van der Waals surface area contributed by atoms with Crippen molar-refractivity contribution in [2.75, 3.05) is 0 Å². The smallest absolute Gasteiger partial charge is 0.159 e. The van der Waals surface area contributed by atoms with Crippen molar-refractivity contribution in [3.8, 4) is 0 Å². The molecule has 1 aromatic heterocycles. The van der Waals surface area contributed by atoms with Crippen LogP contribution in [0.5, 0.6) is 0 Å². The van der Waals surface area contributed by atoms with Crippen LogP contribution in [0.2, 0.25) is 0 Å². The molecule has 0 spiro atoms. The standard InChI is InChI=1S/C12H12O3.C5H5N/c1-7(13)10-4-11(8(2)14)6-12(5-10)9(3)15;1-2-4-6-5-3-1/h4-6H,1-3H3;1-5H. The van der Waals surface area contributed by atoms with E-state index in [0.29, 0.717) is 16.7 Å². The average molecular weight is 283 g/mol. The Morgan fingerprint density at radius 2 is 1.00 bits per heavy atom. The van der Waals surface area contributed by atoms with E-state index in [0.717, 1.165) is 0 Å². The van der Waals surface area contributed by atoms with E-state index in [4.69, 9.17) is 0 Å². The highest BCUT2D eigenvalue weighted by molar-refractivity contribution is 6.04. The number of carbonyl (C=O) groups is 3. The maximum Gasteiger partial charge on any atom is 0.159 e. The molecule has 1 aromatic carbocycles. The van der Waals surface area contributed by atoms with Crippen LogP contribution in [-0.2, 0) is 0 Å². The number of hydrogen-bond acceptors (Lipinski definition) is 4. The lowest BCUT2D eigenvalue weighted by Gasteiger charge is -2.03. The minimum atomic E-state index is -0.152. The van der Waals surface area contributed by atoms with E-state index < -0.39 is 0 Å². The van der Waals surface area contributed by atoms with Crippen LogP contribution < -0.4 is 0 Å². The molecule has 0 amide bonds. The third kappa shape index (κ3) is 5.48. The van der Waals surface area contributed by atoms with E-state index in [1.807, 2.05) is 18.2 Å². The summed E-state index contributed by atoms with van der Waals surface area (Å²) in [6.07, 6.45) is 3.50. The predicted molar refractivity (Wildman–Crippen MR) is 80.7 cm³/mol. The van der Waals surface area contributed by atoms with Gasteiger partial charge in [0.2, 0.25) is 0 Å². The van der Waals surface area contributed by atoms with Crippen molar-refractivity contribution in [1.82, 2.24) is 4.98 Å². The van der Waals surface area contributed by atoms with Gasteiger partial charge in [-0.1, -0.05) is 6.07 Å². The molecule has 4 heteroatoms. The maximum atomic E-state index is 11.2. The molecule has 2 aromatic rings. The van der Waals surface area contributed by atoms with Gasteiger partial charge in [0, 0.05) is 29.1 Å². The first-order chi connectivity index (χ1) is 9.91. The molecule has 0 unspecified atom stereocenters. The summed E-state index contributed by atoms with van der Waals surface area (Å²) in [5.41, 5.74) is 1.19. The van der Waals surface area contributed by atoms with Crippen molar-refractivity contribution in [2.45, 2.75) is 20.8 Å². The van der Waals surface area contributed by atoms with E-state index in [-0.39, 0.29) is 17.3 Å². The zero-order valence-electron chi connectivity index (χ0n) is 12.3. The Bertz CT molecular complexity index is 543. The topological polar surface area (TPSA) is 64.1 Å². The zero-order chi connectivity index (χ0) is 15.8. The van der Waals surface area contributed by atoms with Crippen molar-refractivity contribution in [2.24, 2.45) is 0 Å². The van der Waals surface area contributed by atoms with Crippen LogP contribution in [0.1, 0.15) is 51.8 Å². The monoisotopic (exact) mass is 283 g/mol. The van der Waals surface area contributed by atoms with E-state index >= 15 is 0 Å². The fourth-order valence-corrected chi connectivity index (χ4v) is 1.55. The van der Waals surface area contributed by atoms with E-state index in [1.54, 1.807) is 12.4 Å². The van der Waals surface area contributed by atoms with Crippen LogP contribution in [0.3, 0.4) is 0 Å². The summed E-state index contributed by atoms with van der Waals surface area (Å²) in [6.45, 7) is 4.22. The highest BCUT2D eigenvalue weighted by Gasteiger charge is 2.09. The molecule has 1 heterocycles. The number of Topliss-reactive ketones (excluding diaryl/α,β-unsaturated/α-hetero) is 3. The minimum Gasteiger partial charge on any atom is -0.295 e. The van der Waals surface area contributed by atoms with E-state index in [1.165, 1.54) is 39.0 Å². The van der Waals surface area contributed by atoms with Gasteiger partial charge in [-0.3, -0.25) is 19.4 Å². The highest BCUT2D eigenvalue weighted by atomic mass is 16.1. The number of benzene rings is 1. The van der Waals surface area contributed by atoms with Gasteiger partial charge in [0.15, 0.2) is 17.3 Å². The lowest BCUT2D eigenvalue weighted by atomic mass is 10.00. The summed E-state index contributed by atoms with van der Waals surface area (Å²) in [7, 11) is 0. The molecule has 0 aliphatic heterocycles. The van der Waals surface area contributed by atoms with Crippen LogP contribution in [0.25, 0.3) is 0 Å². The first-order valence-electron chi connectivity index (χ1n) is 6.44. The molecular weight excluding hydrogens is 266 g/mol. The third-order valence-electron chi connectivity index (χ3n) is 2.72. The molecule has 0 radical (unpaired) electrons. The molecule has 0 saturated heterocycles. The van der Waals surface area contributed by atoms with Crippen molar-refractivity contribution in [1.29, 1.82) is 0 Å². The van der Waals surface area contributed by atoms with Gasteiger partial charge < -0.3 is 0 Å². The van der Waals surface area contributed by atoms with Crippen molar-refractivity contribution >= 4 is 17.3 Å². The molecule has 2 rings (SSSR count). The van der Waals surface area contributed by atoms with Gasteiger partial charge in [-0.2, -0.15) is 0 Å². The molecule has 0 aliphatic rings. The van der Waals surface area contributed by atoms with E-state index in [2.05, 4.69) is 4.98 Å². The summed E-state index contributed by atoms with van der Waals surface area (Å²) >= 11 is 0. The molecule has 108 valence electrons. The van der Waals surface area contributed by atoms with Crippen molar-refractivity contribution < 1.29 is 14.4 Å². The third-order valence-corrected chi connectivity index (χ3v) is 2.72. The Kier molecular flexibility index (Phi) is 6.14. The van der Waals surface area contributed by atoms with Gasteiger partial charge in [0.1, 0.15) is 0 Å². The second-order valence-electron chi connectivity index (χ2n) is 4.49. The van der Waals surface area contributed by atoms with Crippen molar-refractivity contribution in [3.05, 3.63) is 65.5 Å². The van der Waals surface area contributed by atoms with Crippen LogP contribution in [-0.4, -0.2) is 22.3 Å². The molecule has 0 fully saturated rings. The first kappa shape index (κ1) is 16.4. The van der Waals surface area contributed by atoms with Crippen molar-refractivity contribution in [3.63, 3.8) is 0 Å². The fourth-order valence-electron chi connectivity index (χ4n) is 1.55. The first-order valence-corrected chi connectivity index (χ1v) is 6.44. The zero-order valence-corrected chi connectivity index (χ0v) is 12.3. The Morgan fingerprint density at radius 3 is 1.14 bits per heavy atom. The number of carbonyl (C=O) groups excluding carboxylic acids is 3. The van der Waals surface area contributed by atoms with Gasteiger partial charge in [-0.15, -0.1) is 0 Å². The van der Waals surface area contributed by atoms with Crippen LogP contribution >= 0.6 is 0 Å². The fraction of sp³-hybridized carbons (Fsp3) is 0.176. The summed E-state index contributed by atoms with van der Waals surface area (Å²) in [5.74, 6) is -0.457. The molecule has 4 nitrogen and oxygen atoms in total. The van der Waals surface area contributed by atoms with Gasteiger partial charge in [0.05, 0.1) is 0 Å². The summed E-state index contributed by atoms with van der Waals surface area (Å²) in [5, 5.41) is 0. The van der Waals surface area contributed by atoms with Gasteiger partial charge in [-0.05, 0) is 51.1 Å². The number of nitrogens with zero attached hydrogens (tertiary/aromatic N) is 1. The SMILES string of the molecule is CC(=O)c1cc(C(C)=O)cc(C(C)=O)c1.c1ccncc1. The molecule has 21 heavy (non-hydrogen) atoms. The second kappa shape index (κ2) is 7.85. The average Bonchev–Trinajstić information content (AvgIpc) is 2.49. The predicted octanol–water partition coefficient (Wildman–Crippen LogP) is 3.38. The van der Waals surface area contributed by atoms with Crippen LogP contribution in [0, 0.1) is 0 Å². The van der Waals surface area contributed by atoms with Gasteiger partial charge in [0.25, 0.3) is 0 Å². The van der Waals surface area contributed by atoms with Gasteiger partial charge in [-0.25, -0.2) is 0 Å². The summed E-state index contributed by atoms with van der Waals surface area (Å²) in [6, 6.07) is 10.2. The Morgan fingerprint density at radius 1 is 0.667 bits per heavy atom. The lowest BCUT2D eigenvalue weighted by molar-refractivity contribution is 0.101. The van der Waals surface area contributed by atoms with E-state index in [9.17, 15) is 14.4 Å². The molecule has 0 aliphatic carbocycles. The Hall–Kier alpha value is -2.62. The Labute approximate surface area is 123 Å².